The first-order valence-electron chi connectivity index (χ1n) is 25.9. The van der Waals surface area contributed by atoms with Gasteiger partial charge in [-0.1, -0.05) is 53.2 Å². The van der Waals surface area contributed by atoms with Crippen LogP contribution in [0.1, 0.15) is 113 Å². The van der Waals surface area contributed by atoms with Crippen LogP contribution in [0.2, 0.25) is 0 Å². The van der Waals surface area contributed by atoms with Gasteiger partial charge in [-0.25, -0.2) is 0 Å². The smallest absolute Gasteiger partial charge is 0.317 e. The molecule has 21 nitrogen and oxygen atoms in total. The highest BCUT2D eigenvalue weighted by Crippen LogP contribution is 2.76. The Morgan fingerprint density at radius 1 is 0.750 bits per heavy atom. The number of hydrogen-bond donors (Lipinski definition) is 12. The van der Waals surface area contributed by atoms with Crippen LogP contribution in [0.15, 0.2) is 11.6 Å². The zero-order valence-corrected chi connectivity index (χ0v) is 42.7. The second-order valence-corrected chi connectivity index (χ2v) is 24.6. The molecule has 12 N–H and O–H groups in total. The lowest BCUT2D eigenvalue weighted by molar-refractivity contribution is -0.371. The fourth-order valence-electron chi connectivity index (χ4n) is 15.4. The quantitative estimate of drug-likeness (QED) is 0.0876. The van der Waals surface area contributed by atoms with E-state index in [0.717, 1.165) is 5.57 Å². The van der Waals surface area contributed by atoms with Crippen molar-refractivity contribution in [3.8, 4) is 0 Å². The summed E-state index contributed by atoms with van der Waals surface area (Å²) in [6, 6.07) is 0. The van der Waals surface area contributed by atoms with Crippen LogP contribution in [0.4, 0.5) is 0 Å². The van der Waals surface area contributed by atoms with Gasteiger partial charge >= 0.3 is 11.9 Å². The predicted octanol–water partition coefficient (Wildman–Crippen LogP) is -0.957. The Balaban J connectivity index is 1.22. The number of allylic oxidation sites excluding steroid dienone is 2. The minimum atomic E-state index is -1.92. The summed E-state index contributed by atoms with van der Waals surface area (Å²) in [6.45, 7) is 13.7. The summed E-state index contributed by atoms with van der Waals surface area (Å²) in [5.74, 6) is -2.67. The maximum absolute atomic E-state index is 15.7. The molecule has 21 heteroatoms. The van der Waals surface area contributed by atoms with E-state index >= 15 is 4.79 Å². The van der Waals surface area contributed by atoms with Crippen molar-refractivity contribution >= 4 is 11.9 Å². The van der Waals surface area contributed by atoms with Gasteiger partial charge in [-0.05, 0) is 105 Å². The van der Waals surface area contributed by atoms with Crippen molar-refractivity contribution in [3.05, 3.63) is 11.6 Å². The fraction of sp³-hybridized carbons (Fsp3) is 0.922. The monoisotopic (exact) mass is 1030 g/mol. The van der Waals surface area contributed by atoms with Crippen LogP contribution < -0.4 is 0 Å². The molecule has 0 amide bonds. The Morgan fingerprint density at radius 3 is 2.08 bits per heavy atom. The molecule has 0 aromatic rings. The van der Waals surface area contributed by atoms with E-state index in [0.29, 0.717) is 32.1 Å². The van der Waals surface area contributed by atoms with Gasteiger partial charge in [-0.15, -0.1) is 0 Å². The summed E-state index contributed by atoms with van der Waals surface area (Å²) < 4.78 is 42.7. The van der Waals surface area contributed by atoms with Crippen LogP contribution in [-0.2, 0) is 42.7 Å². The largest absolute Gasteiger partial charge is 0.457 e. The first-order chi connectivity index (χ1) is 33.5. The topological polar surface area (TPSA) is 342 Å². The Kier molecular flexibility index (Phi) is 15.7. The maximum atomic E-state index is 15.7. The molecule has 3 aliphatic heterocycles. The molecular formula is C51H82O21. The summed E-state index contributed by atoms with van der Waals surface area (Å²) in [7, 11) is 0. The zero-order chi connectivity index (χ0) is 53.0. The summed E-state index contributed by atoms with van der Waals surface area (Å²) in [5.41, 5.74) is -4.06. The van der Waals surface area contributed by atoms with Crippen molar-refractivity contribution in [1.29, 1.82) is 0 Å². The number of hydrogen-bond acceptors (Lipinski definition) is 21. The maximum Gasteiger partial charge on any atom is 0.317 e. The fourth-order valence-corrected chi connectivity index (χ4v) is 15.4. The van der Waals surface area contributed by atoms with E-state index in [1.807, 2.05) is 6.92 Å². The van der Waals surface area contributed by atoms with Crippen LogP contribution in [-0.4, -0.2) is 203 Å². The van der Waals surface area contributed by atoms with E-state index < -0.39 is 175 Å². The average molecular weight is 1030 g/mol. The Bertz CT molecular complexity index is 2000. The second-order valence-electron chi connectivity index (χ2n) is 24.6. The van der Waals surface area contributed by atoms with E-state index in [1.54, 1.807) is 0 Å². The lowest BCUT2D eigenvalue weighted by Crippen LogP contribution is -2.70. The summed E-state index contributed by atoms with van der Waals surface area (Å²) in [6.07, 6.45) is -23.0. The van der Waals surface area contributed by atoms with E-state index in [4.69, 9.17) is 33.2 Å². The molecule has 8 rings (SSSR count). The van der Waals surface area contributed by atoms with Gasteiger partial charge in [0.1, 0.15) is 60.4 Å². The third-order valence-electron chi connectivity index (χ3n) is 19.8. The number of ether oxygens (including phenoxy) is 7. The molecule has 0 radical (unpaired) electrons. The van der Waals surface area contributed by atoms with Gasteiger partial charge in [0.05, 0.1) is 56.8 Å². The molecule has 0 bridgehead atoms. The van der Waals surface area contributed by atoms with Gasteiger partial charge < -0.3 is 94.4 Å². The molecule has 4 saturated carbocycles. The average Bonchev–Trinajstić information content (AvgIpc) is 3.30. The molecule has 1 unspecified atom stereocenters. The normalized spacial score (nSPS) is 52.6. The molecule has 0 aromatic carbocycles. The number of rotatable bonds is 11. The van der Waals surface area contributed by atoms with E-state index in [9.17, 15) is 66.1 Å². The van der Waals surface area contributed by atoms with Crippen molar-refractivity contribution in [2.24, 2.45) is 50.2 Å². The van der Waals surface area contributed by atoms with E-state index in [1.165, 1.54) is 13.8 Å². The molecule has 0 aromatic heterocycles. The molecule has 72 heavy (non-hydrogen) atoms. The van der Waals surface area contributed by atoms with Gasteiger partial charge in [-0.2, -0.15) is 0 Å². The lowest BCUT2D eigenvalue weighted by Gasteiger charge is -2.72. The molecule has 3 saturated heterocycles. The summed E-state index contributed by atoms with van der Waals surface area (Å²) >= 11 is 0. The van der Waals surface area contributed by atoms with E-state index in [-0.39, 0.29) is 43.1 Å². The van der Waals surface area contributed by atoms with E-state index in [2.05, 4.69) is 40.7 Å². The molecule has 8 aliphatic rings. The van der Waals surface area contributed by atoms with Gasteiger partial charge in [0.2, 0.25) is 6.29 Å². The predicted molar refractivity (Wildman–Crippen MR) is 247 cm³/mol. The van der Waals surface area contributed by atoms with Crippen molar-refractivity contribution < 1.29 is 104 Å². The molecule has 26 atom stereocenters. The second kappa shape index (κ2) is 20.1. The summed E-state index contributed by atoms with van der Waals surface area (Å²) in [4.78, 5) is 28.1. The number of aliphatic hydroxyl groups is 12. The van der Waals surface area contributed by atoms with Gasteiger partial charge in [0.25, 0.3) is 0 Å². The third-order valence-corrected chi connectivity index (χ3v) is 19.8. The van der Waals surface area contributed by atoms with Gasteiger partial charge in [0.15, 0.2) is 18.7 Å². The van der Waals surface area contributed by atoms with Crippen LogP contribution in [0.25, 0.3) is 0 Å². The molecule has 3 heterocycles. The first-order valence-corrected chi connectivity index (χ1v) is 25.9. The Hall–Kier alpha value is -2.00. The molecular weight excluding hydrogens is 949 g/mol. The lowest BCUT2D eigenvalue weighted by atomic mass is 9.33. The van der Waals surface area contributed by atoms with Crippen LogP contribution >= 0.6 is 0 Å². The van der Waals surface area contributed by atoms with Gasteiger partial charge in [0, 0.05) is 5.41 Å². The number of carbonyl (C=O) groups is 2. The van der Waals surface area contributed by atoms with Crippen molar-refractivity contribution in [2.45, 2.75) is 224 Å². The third kappa shape index (κ3) is 9.02. The van der Waals surface area contributed by atoms with Crippen LogP contribution in [0, 0.1) is 50.2 Å². The standard InChI is InChI=1S/C51H82O21/c1-22(54)15-32(56)68-28-20-66-42(38(62)35(28)59)71-40-37(61)34(58)27(19-52)69-44(40)70-31-18-50(8)24(9-10-30-47(5)17-26(55)41(64)48(6,21-53)29(47)11-12-49(30,50)7)25-16-46(3,4)13-14-51(25,31)45(65)72-43-39(63)36(60)33(57)23(2)67-43/h9,22-23,25-31,33-44,52-55,57-64H,10-21H2,1-8H3/t22?,23-,25-,26-,27+,28+,29+,30+,31+,33-,34+,35+,36+,37-,38-,39+,40+,41-,42-,43-,44-,47-,48-,49+,50+,51+/m0/s1. The van der Waals surface area contributed by atoms with Crippen molar-refractivity contribution in [3.63, 3.8) is 0 Å². The highest BCUT2D eigenvalue weighted by atomic mass is 16.8. The number of esters is 2. The Labute approximate surface area is 420 Å². The van der Waals surface area contributed by atoms with Crippen LogP contribution in [0.5, 0.6) is 0 Å². The first kappa shape index (κ1) is 56.2. The Morgan fingerprint density at radius 2 is 1.43 bits per heavy atom. The molecule has 7 fully saturated rings. The number of carbonyl (C=O) groups excluding carboxylic acids is 2. The molecule has 5 aliphatic carbocycles. The minimum absolute atomic E-state index is 0.0860. The molecule has 412 valence electrons. The number of fused-ring (bicyclic) bond motifs is 7. The number of aliphatic hydroxyl groups excluding tert-OH is 12. The van der Waals surface area contributed by atoms with Crippen LogP contribution in [0.3, 0.4) is 0 Å². The van der Waals surface area contributed by atoms with Crippen molar-refractivity contribution in [1.82, 2.24) is 0 Å². The zero-order valence-electron chi connectivity index (χ0n) is 42.7. The molecule has 0 spiro atoms. The summed E-state index contributed by atoms with van der Waals surface area (Å²) in [5, 5.41) is 132. The minimum Gasteiger partial charge on any atom is -0.457 e. The van der Waals surface area contributed by atoms with Gasteiger partial charge in [-0.3, -0.25) is 9.59 Å². The SMILES string of the molecule is CC(O)CC(=O)O[C@@H]1CO[C@@H](O[C@H]2[C@H](O[C@@H]3C[C@]4(C)C(=CC[C@@H]5[C@@]6(C)C[C@H](O)[C@H](O)[C@@](C)(CO)[C@@H]6CC[C@]54C)[C@@H]4CC(C)(C)CC[C@]34C(=O)O[C@@H]3O[C@@H](C)[C@H](O)[C@@H](O)[C@H]3O)O[C@H](CO)[C@@H](O)[C@@H]2O)[C@@H](O)[C@@H]1O. The highest BCUT2D eigenvalue weighted by molar-refractivity contribution is 5.80. The van der Waals surface area contributed by atoms with Crippen molar-refractivity contribution in [2.75, 3.05) is 19.8 Å². The highest BCUT2D eigenvalue weighted by Gasteiger charge is 2.73.